The van der Waals surface area contributed by atoms with Gasteiger partial charge in [-0.05, 0) is 49.8 Å². The quantitative estimate of drug-likeness (QED) is 0.212. The van der Waals surface area contributed by atoms with E-state index in [2.05, 4.69) is 83.7 Å². The van der Waals surface area contributed by atoms with Gasteiger partial charge in [-0.1, -0.05) is 48.5 Å². The van der Waals surface area contributed by atoms with E-state index in [1.807, 2.05) is 37.4 Å². The molecule has 9 nitrogen and oxygen atoms in total. The summed E-state index contributed by atoms with van der Waals surface area (Å²) in [7, 11) is -2.93. The summed E-state index contributed by atoms with van der Waals surface area (Å²) in [5.41, 5.74) is 7.23. The Morgan fingerprint density at radius 2 is 1.44 bits per heavy atom. The Bertz CT molecular complexity index is 1550. The summed E-state index contributed by atoms with van der Waals surface area (Å²) in [5, 5.41) is 11.3. The molecule has 0 saturated carbocycles. The first kappa shape index (κ1) is 27.9. The highest BCUT2D eigenvalue weighted by atomic mass is 35.7. The Balaban J connectivity index is 0.000000648. The van der Waals surface area contributed by atoms with Crippen LogP contribution in [-0.4, -0.2) is 26.8 Å². The van der Waals surface area contributed by atoms with Crippen LogP contribution in [0, 0.1) is 20.4 Å². The van der Waals surface area contributed by atoms with Gasteiger partial charge < -0.3 is 4.57 Å². The molecule has 1 aliphatic rings. The molecule has 5 rings (SSSR count). The van der Waals surface area contributed by atoms with Crippen LogP contribution in [0.4, 0.5) is 11.4 Å². The summed E-state index contributed by atoms with van der Waals surface area (Å²) in [4.78, 5) is 11.0. The van der Waals surface area contributed by atoms with Gasteiger partial charge in [-0.2, -0.15) is 4.58 Å². The van der Waals surface area contributed by atoms with Crippen LogP contribution in [0.25, 0.3) is 23.0 Å². The van der Waals surface area contributed by atoms with Crippen LogP contribution in [0.1, 0.15) is 25.1 Å². The van der Waals surface area contributed by atoms with Gasteiger partial charge in [0, 0.05) is 41.2 Å². The van der Waals surface area contributed by atoms with E-state index in [-0.39, 0.29) is 16.0 Å². The Morgan fingerprint density at radius 1 is 0.846 bits per heavy atom. The van der Waals surface area contributed by atoms with E-state index in [4.69, 9.17) is 18.6 Å². The van der Waals surface area contributed by atoms with Gasteiger partial charge in [0.2, 0.25) is 5.69 Å². The Kier molecular flexibility index (Phi) is 7.82. The van der Waals surface area contributed by atoms with E-state index in [0.717, 1.165) is 39.6 Å². The van der Waals surface area contributed by atoms with E-state index >= 15 is 0 Å². The first-order valence-electron chi connectivity index (χ1n) is 11.9. The summed E-state index contributed by atoms with van der Waals surface area (Å²) < 4.78 is 38.4. The maximum Gasteiger partial charge on any atom is 0.270 e. The number of benzene rings is 3. The molecule has 0 fully saturated rings. The molecule has 1 aliphatic heterocycles. The van der Waals surface area contributed by atoms with Gasteiger partial charge in [-0.3, -0.25) is 10.1 Å². The second kappa shape index (κ2) is 10.9. The molecule has 0 atom stereocenters. The Hall–Kier alpha value is -4.12. The number of halogens is 1. The van der Waals surface area contributed by atoms with Crippen molar-refractivity contribution in [3.63, 3.8) is 0 Å². The average Bonchev–Trinajstić information content (AvgIpc) is 3.39. The van der Waals surface area contributed by atoms with Crippen molar-refractivity contribution in [1.29, 1.82) is 0 Å². The molecule has 200 valence electrons. The molecule has 0 amide bonds. The molecule has 4 aromatic rings. The third-order valence-corrected chi connectivity index (χ3v) is 6.63. The van der Waals surface area contributed by atoms with Crippen molar-refractivity contribution in [2.24, 2.45) is 0 Å². The third-order valence-electron chi connectivity index (χ3n) is 6.63. The van der Waals surface area contributed by atoms with Crippen LogP contribution in [-0.2, 0) is 5.41 Å². The predicted molar refractivity (Wildman–Crippen MR) is 137 cm³/mol. The molecule has 0 bridgehead atoms. The van der Waals surface area contributed by atoms with Crippen molar-refractivity contribution in [2.45, 2.75) is 19.3 Å². The summed E-state index contributed by atoms with van der Waals surface area (Å²) >= 11 is 0. The van der Waals surface area contributed by atoms with Gasteiger partial charge in [0.1, 0.15) is 7.05 Å². The van der Waals surface area contributed by atoms with Crippen molar-refractivity contribution in [3.05, 3.63) is 118 Å². The Morgan fingerprint density at radius 3 is 2.03 bits per heavy atom. The molecule has 0 saturated heterocycles. The van der Waals surface area contributed by atoms with E-state index < -0.39 is 10.2 Å². The largest absolute Gasteiger partial charge is 0.310 e. The highest BCUT2D eigenvalue weighted by Gasteiger charge is 2.43. The zero-order chi connectivity index (χ0) is 28.4. The van der Waals surface area contributed by atoms with Gasteiger partial charge >= 0.3 is 0 Å². The second-order valence-electron chi connectivity index (χ2n) is 9.42. The number of para-hydroxylation sites is 1. The summed E-state index contributed by atoms with van der Waals surface area (Å²) in [6.45, 7) is 4.23. The number of allylic oxidation sites excluding steroid dienone is 1. The smallest absolute Gasteiger partial charge is 0.270 e. The van der Waals surface area contributed by atoms with Gasteiger partial charge in [-0.25, -0.2) is 18.6 Å². The second-order valence-corrected chi connectivity index (χ2v) is 10.2. The number of non-ortho nitro benzene ring substituents is 1. The maximum absolute atomic E-state index is 11.3. The van der Waals surface area contributed by atoms with Gasteiger partial charge in [0.05, 0.1) is 16.0 Å². The van der Waals surface area contributed by atoms with E-state index in [1.54, 1.807) is 12.1 Å². The van der Waals surface area contributed by atoms with Gasteiger partial charge in [-0.15, -0.1) is 10.2 Å². The van der Waals surface area contributed by atoms with E-state index in [1.165, 1.54) is 0 Å². The SMILES string of the molecule is C[N+]1=C(C=Cc2ccc(-c3ccccc3)n2-c2ccccc2)C(C)(C)c2cc([N+](=O)[O-])ccc21.[O-][Cl+3]([O-])([O-])[O-]. The van der Waals surface area contributed by atoms with Crippen molar-refractivity contribution in [1.82, 2.24) is 4.57 Å². The number of fused-ring (bicyclic) bond motifs is 1. The van der Waals surface area contributed by atoms with E-state index in [9.17, 15) is 10.1 Å². The standard InChI is InChI=1S/C29H26N3O2.ClHO4/c1-29(2)25-20-24(32(33)34)15-18-27(25)30(3)28(29)19-16-23-14-17-26(21-10-6-4-7-11-21)31(23)22-12-8-5-9-13-22;2-1(3,4)5/h4-20H,1-3H3;(H,2,3,4,5)/q+1;/p-1. The van der Waals surface area contributed by atoms with Crippen LogP contribution in [0.5, 0.6) is 0 Å². The molecule has 0 spiro atoms. The van der Waals surface area contributed by atoms with E-state index in [0.29, 0.717) is 0 Å². The third kappa shape index (κ3) is 6.14. The first-order chi connectivity index (χ1) is 18.4. The topological polar surface area (TPSA) is 143 Å². The summed E-state index contributed by atoms with van der Waals surface area (Å²) in [6.07, 6.45) is 4.27. The molecule has 10 heteroatoms. The number of nitrogens with zero attached hydrogens (tertiary/aromatic N) is 3. The summed E-state index contributed by atoms with van der Waals surface area (Å²) in [5.74, 6) is 0. The van der Waals surface area contributed by atoms with Crippen molar-refractivity contribution >= 4 is 23.2 Å². The number of nitro groups is 1. The zero-order valence-electron chi connectivity index (χ0n) is 21.5. The highest BCUT2D eigenvalue weighted by Crippen LogP contribution is 2.41. The maximum atomic E-state index is 11.3. The first-order valence-corrected chi connectivity index (χ1v) is 13.1. The molecule has 0 N–H and O–H groups in total. The minimum absolute atomic E-state index is 0.121. The van der Waals surface area contributed by atoms with Gasteiger partial charge in [0.25, 0.3) is 5.69 Å². The van der Waals surface area contributed by atoms with Crippen LogP contribution in [0.15, 0.2) is 97.1 Å². The van der Waals surface area contributed by atoms with Crippen molar-refractivity contribution in [3.8, 4) is 16.9 Å². The molecule has 0 radical (unpaired) electrons. The lowest BCUT2D eigenvalue weighted by Gasteiger charge is -2.17. The fourth-order valence-electron chi connectivity index (χ4n) is 4.88. The number of hydrogen-bond donors (Lipinski definition) is 0. The molecule has 3 aromatic carbocycles. The molecule has 2 heterocycles. The average molecular weight is 548 g/mol. The number of nitro benzene ring substituents is 1. The zero-order valence-corrected chi connectivity index (χ0v) is 22.2. The normalized spacial score (nSPS) is 14.2. The fourth-order valence-corrected chi connectivity index (χ4v) is 4.88. The molecule has 0 unspecified atom stereocenters. The van der Waals surface area contributed by atoms with Gasteiger partial charge in [0.15, 0.2) is 5.71 Å². The molecule has 0 aliphatic carbocycles. The van der Waals surface area contributed by atoms with Crippen LogP contribution < -0.4 is 18.6 Å². The monoisotopic (exact) mass is 547 g/mol. The molecular formula is C29H26ClN3O6. The van der Waals surface area contributed by atoms with Crippen molar-refractivity contribution < 1.29 is 38.4 Å². The van der Waals surface area contributed by atoms with Crippen molar-refractivity contribution in [2.75, 3.05) is 7.05 Å². The lowest BCUT2D eigenvalue weighted by atomic mass is 9.81. The number of aromatic nitrogens is 1. The lowest BCUT2D eigenvalue weighted by molar-refractivity contribution is -2.00. The van der Waals surface area contributed by atoms with Crippen LogP contribution >= 0.6 is 0 Å². The number of hydrogen-bond acceptors (Lipinski definition) is 6. The predicted octanol–water partition coefficient (Wildman–Crippen LogP) is 2.02. The minimum Gasteiger partial charge on any atom is -0.310 e. The summed E-state index contributed by atoms with van der Waals surface area (Å²) in [6, 6.07) is 30.1. The highest BCUT2D eigenvalue weighted by molar-refractivity contribution is 6.05. The molecule has 39 heavy (non-hydrogen) atoms. The molecular weight excluding hydrogens is 522 g/mol. The Labute approximate surface area is 227 Å². The lowest BCUT2D eigenvalue weighted by Crippen LogP contribution is -2.68. The number of rotatable bonds is 5. The minimum atomic E-state index is -4.94. The fraction of sp³-hybridized carbons (Fsp3) is 0.138. The van der Waals surface area contributed by atoms with Crippen LogP contribution in [0.2, 0.25) is 0 Å². The van der Waals surface area contributed by atoms with Crippen LogP contribution in [0.3, 0.4) is 0 Å². The molecule has 1 aromatic heterocycles.